The zero-order valence-corrected chi connectivity index (χ0v) is 12.6. The molecule has 0 aliphatic carbocycles. The Morgan fingerprint density at radius 2 is 1.91 bits per heavy atom. The minimum atomic E-state index is -4.86. The Morgan fingerprint density at radius 1 is 1.30 bits per heavy atom. The van der Waals surface area contributed by atoms with E-state index in [2.05, 4.69) is 15.3 Å². The molecule has 1 heterocycles. The molecule has 2 amide bonds. The zero-order valence-electron chi connectivity index (χ0n) is 11.8. The van der Waals surface area contributed by atoms with Crippen molar-refractivity contribution >= 4 is 21.6 Å². The van der Waals surface area contributed by atoms with Crippen LogP contribution >= 0.6 is 0 Å². The molecule has 126 valence electrons. The van der Waals surface area contributed by atoms with Gasteiger partial charge in [-0.15, -0.1) is 13.2 Å². The third-order valence-electron chi connectivity index (χ3n) is 2.79. The van der Waals surface area contributed by atoms with Crippen LogP contribution in [0.25, 0.3) is 0 Å². The lowest BCUT2D eigenvalue weighted by molar-refractivity contribution is -0.274. The third kappa shape index (κ3) is 4.58. The maximum Gasteiger partial charge on any atom is 0.573 e. The summed E-state index contributed by atoms with van der Waals surface area (Å²) in [6.07, 6.45) is -4.86. The summed E-state index contributed by atoms with van der Waals surface area (Å²) in [7, 11) is -3.90. The fraction of sp³-hybridized carbons (Fsp3) is 0.333. The molecule has 1 aromatic carbocycles. The number of alkyl halides is 3. The number of urea groups is 1. The molecule has 0 aromatic heterocycles. The van der Waals surface area contributed by atoms with E-state index in [0.717, 1.165) is 29.2 Å². The monoisotopic (exact) mass is 351 g/mol. The Balaban J connectivity index is 2.13. The van der Waals surface area contributed by atoms with Gasteiger partial charge < -0.3 is 9.64 Å². The molecule has 1 aliphatic rings. The number of nitrogens with one attached hydrogen (secondary N) is 1. The minimum Gasteiger partial charge on any atom is -0.406 e. The largest absolute Gasteiger partial charge is 0.573 e. The van der Waals surface area contributed by atoms with Crippen molar-refractivity contribution in [1.29, 1.82) is 0 Å². The molecule has 0 bridgehead atoms. The average molecular weight is 351 g/mol. The van der Waals surface area contributed by atoms with Crippen LogP contribution in [0.2, 0.25) is 0 Å². The zero-order chi connectivity index (χ0) is 17.3. The molecule has 1 aliphatic heterocycles. The van der Waals surface area contributed by atoms with Crippen LogP contribution in [0, 0.1) is 0 Å². The van der Waals surface area contributed by atoms with Crippen LogP contribution in [0.15, 0.2) is 34.3 Å². The molecule has 0 radical (unpaired) electrons. The number of carbonyl (C=O) groups is 1. The van der Waals surface area contributed by atoms with Crippen LogP contribution in [0.4, 0.5) is 18.0 Å². The maximum absolute atomic E-state index is 12.2. The third-order valence-corrected chi connectivity index (χ3v) is 4.43. The molecule has 23 heavy (non-hydrogen) atoms. The standard InChI is InChI=1S/C12H12F3N3O4S/c1-8-6-18(11(19)17-16-8)7-23(20,21)10-4-2-9(3-5-10)22-12(13,14)15/h2-5H,6-7H2,1H3,(H,17,19). The lowest BCUT2D eigenvalue weighted by Gasteiger charge is -2.25. The first-order valence-corrected chi connectivity index (χ1v) is 7.89. The highest BCUT2D eigenvalue weighted by Crippen LogP contribution is 2.24. The number of hydrogen-bond donors (Lipinski definition) is 1. The Kier molecular flexibility index (Phi) is 4.50. The van der Waals surface area contributed by atoms with Crippen LogP contribution in [0.5, 0.6) is 5.75 Å². The van der Waals surface area contributed by atoms with E-state index in [1.165, 1.54) is 0 Å². The lowest BCUT2D eigenvalue weighted by atomic mass is 10.3. The summed E-state index contributed by atoms with van der Waals surface area (Å²) in [4.78, 5) is 12.4. The van der Waals surface area contributed by atoms with Gasteiger partial charge in [-0.25, -0.2) is 18.6 Å². The quantitative estimate of drug-likeness (QED) is 0.895. The van der Waals surface area contributed by atoms with E-state index in [1.807, 2.05) is 0 Å². The predicted octanol–water partition coefficient (Wildman–Crippen LogP) is 1.72. The summed E-state index contributed by atoms with van der Waals surface area (Å²) < 4.78 is 64.3. The van der Waals surface area contributed by atoms with Crippen molar-refractivity contribution in [1.82, 2.24) is 10.3 Å². The van der Waals surface area contributed by atoms with Crippen molar-refractivity contribution in [3.05, 3.63) is 24.3 Å². The number of hydrogen-bond acceptors (Lipinski definition) is 5. The van der Waals surface area contributed by atoms with Gasteiger partial charge in [0, 0.05) is 0 Å². The van der Waals surface area contributed by atoms with Gasteiger partial charge in [0.1, 0.15) is 11.6 Å². The maximum atomic E-state index is 12.2. The summed E-state index contributed by atoms with van der Waals surface area (Å²) in [5, 5.41) is 3.67. The Hall–Kier alpha value is -2.30. The fourth-order valence-corrected chi connectivity index (χ4v) is 3.15. The van der Waals surface area contributed by atoms with E-state index in [9.17, 15) is 26.4 Å². The van der Waals surface area contributed by atoms with E-state index in [4.69, 9.17) is 0 Å². The topological polar surface area (TPSA) is 88.1 Å². The van der Waals surface area contributed by atoms with Gasteiger partial charge in [-0.3, -0.25) is 0 Å². The molecule has 0 atom stereocenters. The van der Waals surface area contributed by atoms with Gasteiger partial charge in [0.25, 0.3) is 0 Å². The van der Waals surface area contributed by atoms with Gasteiger partial charge in [-0.2, -0.15) is 5.10 Å². The molecule has 0 spiro atoms. The molecule has 2 rings (SSSR count). The number of hydrazone groups is 1. The number of halogens is 3. The first-order chi connectivity index (χ1) is 10.6. The summed E-state index contributed by atoms with van der Waals surface area (Å²) >= 11 is 0. The molecular weight excluding hydrogens is 339 g/mol. The first kappa shape index (κ1) is 17.1. The van der Waals surface area contributed by atoms with Crippen molar-refractivity contribution in [3.63, 3.8) is 0 Å². The van der Waals surface area contributed by atoms with Crippen molar-refractivity contribution in [3.8, 4) is 5.75 Å². The molecule has 0 unspecified atom stereocenters. The number of nitrogens with zero attached hydrogens (tertiary/aromatic N) is 2. The Labute approximate surface area is 129 Å². The van der Waals surface area contributed by atoms with E-state index in [-0.39, 0.29) is 11.4 Å². The van der Waals surface area contributed by atoms with Crippen LogP contribution in [0.3, 0.4) is 0 Å². The van der Waals surface area contributed by atoms with Crippen molar-refractivity contribution in [2.24, 2.45) is 5.10 Å². The second kappa shape index (κ2) is 6.07. The molecule has 1 aromatic rings. The van der Waals surface area contributed by atoms with Gasteiger partial charge in [-0.05, 0) is 31.2 Å². The summed E-state index contributed by atoms with van der Waals surface area (Å²) in [6.45, 7) is 1.66. The predicted molar refractivity (Wildman–Crippen MR) is 73.5 cm³/mol. The van der Waals surface area contributed by atoms with Crippen molar-refractivity contribution < 1.29 is 31.1 Å². The highest BCUT2D eigenvalue weighted by atomic mass is 32.2. The molecule has 1 N–H and O–H groups in total. The second-order valence-corrected chi connectivity index (χ2v) is 6.68. The number of rotatable bonds is 4. The normalized spacial score (nSPS) is 15.9. The lowest BCUT2D eigenvalue weighted by Crippen LogP contribution is -2.47. The van der Waals surface area contributed by atoms with Gasteiger partial charge in [-0.1, -0.05) is 0 Å². The fourth-order valence-electron chi connectivity index (χ4n) is 1.83. The van der Waals surface area contributed by atoms with Crippen molar-refractivity contribution in [2.75, 3.05) is 12.4 Å². The van der Waals surface area contributed by atoms with E-state index in [0.29, 0.717) is 5.71 Å². The molecule has 0 fully saturated rings. The van der Waals surface area contributed by atoms with E-state index >= 15 is 0 Å². The van der Waals surface area contributed by atoms with Crippen molar-refractivity contribution in [2.45, 2.75) is 18.2 Å². The van der Waals surface area contributed by atoms with Gasteiger partial charge in [0.05, 0.1) is 17.2 Å². The highest BCUT2D eigenvalue weighted by molar-refractivity contribution is 7.91. The number of benzene rings is 1. The van der Waals surface area contributed by atoms with Crippen LogP contribution in [-0.2, 0) is 9.84 Å². The number of sulfone groups is 1. The Morgan fingerprint density at radius 3 is 2.48 bits per heavy atom. The van der Waals surface area contributed by atoms with E-state index < -0.39 is 33.9 Å². The van der Waals surface area contributed by atoms with Crippen LogP contribution in [0.1, 0.15) is 6.92 Å². The molecule has 7 nitrogen and oxygen atoms in total. The summed E-state index contributed by atoms with van der Waals surface area (Å²) in [6, 6.07) is 3.08. The molecular formula is C12H12F3N3O4S. The average Bonchev–Trinajstić information content (AvgIpc) is 2.41. The number of carbonyl (C=O) groups excluding carboxylic acids is 1. The summed E-state index contributed by atoms with van der Waals surface area (Å²) in [5.41, 5.74) is 2.68. The van der Waals surface area contributed by atoms with Crippen LogP contribution in [-0.4, -0.2) is 43.8 Å². The Bertz CT molecular complexity index is 729. The smallest absolute Gasteiger partial charge is 0.406 e. The van der Waals surface area contributed by atoms with Gasteiger partial charge in [0.15, 0.2) is 9.84 Å². The van der Waals surface area contributed by atoms with Gasteiger partial charge >= 0.3 is 12.4 Å². The second-order valence-electron chi connectivity index (χ2n) is 4.73. The SMILES string of the molecule is CC1=NNC(=O)N(CS(=O)(=O)c2ccc(OC(F)(F)F)cc2)C1. The minimum absolute atomic E-state index is 0.0420. The molecule has 11 heteroatoms. The molecule has 0 saturated heterocycles. The van der Waals surface area contributed by atoms with E-state index in [1.54, 1.807) is 6.92 Å². The van der Waals surface area contributed by atoms with Crippen LogP contribution < -0.4 is 10.2 Å². The number of amides is 2. The highest BCUT2D eigenvalue weighted by Gasteiger charge is 2.31. The first-order valence-electron chi connectivity index (χ1n) is 6.23. The van der Waals surface area contributed by atoms with Gasteiger partial charge in [0.2, 0.25) is 0 Å². The number of ether oxygens (including phenoxy) is 1. The molecule has 0 saturated carbocycles. The summed E-state index contributed by atoms with van der Waals surface area (Å²) in [5.74, 6) is -1.15.